The summed E-state index contributed by atoms with van der Waals surface area (Å²) in [6, 6.07) is 14.7. The smallest absolute Gasteiger partial charge is 0.344 e. The third kappa shape index (κ3) is 6.18. The molecule has 0 unspecified atom stereocenters. The number of fused-ring (bicyclic) bond motifs is 2. The first-order valence-electron chi connectivity index (χ1n) is 11.2. The fourth-order valence-electron chi connectivity index (χ4n) is 3.71. The fourth-order valence-corrected chi connectivity index (χ4v) is 4.79. The summed E-state index contributed by atoms with van der Waals surface area (Å²) in [7, 11) is 0. The highest BCUT2D eigenvalue weighted by molar-refractivity contribution is 7.99. The van der Waals surface area contributed by atoms with Crippen molar-refractivity contribution in [2.45, 2.75) is 68.6 Å². The van der Waals surface area contributed by atoms with Crippen molar-refractivity contribution in [1.82, 2.24) is 0 Å². The SMILES string of the molecule is CCCCCCCCCN1c2ccccc2Sc2ccc(OCC(=O)OCC)cc21. The number of nitrogens with zero attached hydrogens (tertiary/aromatic N) is 1. The molecule has 30 heavy (non-hydrogen) atoms. The van der Waals surface area contributed by atoms with Crippen molar-refractivity contribution >= 4 is 29.1 Å². The summed E-state index contributed by atoms with van der Waals surface area (Å²) in [5.41, 5.74) is 2.41. The summed E-state index contributed by atoms with van der Waals surface area (Å²) in [5, 5.41) is 0. The Labute approximate surface area is 184 Å². The van der Waals surface area contributed by atoms with Gasteiger partial charge in [0, 0.05) is 22.4 Å². The van der Waals surface area contributed by atoms with Gasteiger partial charge in [-0.25, -0.2) is 4.79 Å². The van der Waals surface area contributed by atoms with Crippen molar-refractivity contribution in [2.75, 3.05) is 24.7 Å². The molecule has 1 heterocycles. The van der Waals surface area contributed by atoms with E-state index in [1.807, 2.05) is 6.07 Å². The zero-order valence-corrected chi connectivity index (χ0v) is 19.0. The maximum absolute atomic E-state index is 11.6. The largest absolute Gasteiger partial charge is 0.482 e. The Bertz CT molecular complexity index is 824. The van der Waals surface area contributed by atoms with Crippen LogP contribution in [0.25, 0.3) is 0 Å². The first-order valence-corrected chi connectivity index (χ1v) is 12.0. The average molecular weight is 428 g/mol. The van der Waals surface area contributed by atoms with E-state index >= 15 is 0 Å². The molecule has 0 aliphatic carbocycles. The Balaban J connectivity index is 1.68. The van der Waals surface area contributed by atoms with Gasteiger partial charge in [0.25, 0.3) is 0 Å². The number of rotatable bonds is 12. The topological polar surface area (TPSA) is 38.8 Å². The Morgan fingerprint density at radius 1 is 0.900 bits per heavy atom. The van der Waals surface area contributed by atoms with E-state index in [0.717, 1.165) is 12.2 Å². The van der Waals surface area contributed by atoms with Crippen molar-refractivity contribution in [2.24, 2.45) is 0 Å². The number of ether oxygens (including phenoxy) is 2. The molecule has 0 fully saturated rings. The van der Waals surface area contributed by atoms with Crippen LogP contribution in [0.15, 0.2) is 52.3 Å². The predicted octanol–water partition coefficient (Wildman–Crippen LogP) is 6.98. The normalized spacial score (nSPS) is 12.3. The maximum Gasteiger partial charge on any atom is 0.344 e. The van der Waals surface area contributed by atoms with Gasteiger partial charge in [-0.2, -0.15) is 0 Å². The molecule has 3 rings (SSSR count). The molecule has 0 spiro atoms. The lowest BCUT2D eigenvalue weighted by Gasteiger charge is -2.33. The van der Waals surface area contributed by atoms with Crippen molar-refractivity contribution in [1.29, 1.82) is 0 Å². The standard InChI is InChI=1S/C25H33NO3S/c1-3-5-6-7-8-9-12-17-26-21-13-10-11-14-23(21)30-24-16-15-20(18-22(24)26)29-19-25(27)28-4-2/h10-11,13-16,18H,3-9,12,17,19H2,1-2H3. The minimum absolute atomic E-state index is 0.0614. The Hall–Kier alpha value is -2.14. The van der Waals surface area contributed by atoms with Crippen LogP contribution in [0.2, 0.25) is 0 Å². The second-order valence-electron chi connectivity index (χ2n) is 7.57. The molecule has 0 atom stereocenters. The van der Waals surface area contributed by atoms with Gasteiger partial charge < -0.3 is 14.4 Å². The molecular weight excluding hydrogens is 394 g/mol. The maximum atomic E-state index is 11.6. The second-order valence-corrected chi connectivity index (χ2v) is 8.65. The van der Waals surface area contributed by atoms with Gasteiger partial charge >= 0.3 is 5.97 Å². The number of hydrogen-bond acceptors (Lipinski definition) is 5. The minimum Gasteiger partial charge on any atom is -0.482 e. The van der Waals surface area contributed by atoms with Gasteiger partial charge in [-0.05, 0) is 37.6 Å². The highest BCUT2D eigenvalue weighted by Gasteiger charge is 2.23. The molecule has 1 aliphatic heterocycles. The molecule has 1 aliphatic rings. The van der Waals surface area contributed by atoms with Crippen LogP contribution < -0.4 is 9.64 Å². The lowest BCUT2D eigenvalue weighted by Crippen LogP contribution is -2.22. The monoisotopic (exact) mass is 427 g/mol. The van der Waals surface area contributed by atoms with E-state index in [2.05, 4.69) is 48.2 Å². The van der Waals surface area contributed by atoms with Crippen LogP contribution in [-0.4, -0.2) is 25.7 Å². The summed E-state index contributed by atoms with van der Waals surface area (Å²) in [6.45, 7) is 5.35. The zero-order chi connectivity index (χ0) is 21.2. The molecule has 2 aromatic carbocycles. The summed E-state index contributed by atoms with van der Waals surface area (Å²) >= 11 is 1.79. The van der Waals surface area contributed by atoms with Crippen molar-refractivity contribution < 1.29 is 14.3 Å². The van der Waals surface area contributed by atoms with Crippen LogP contribution in [0.5, 0.6) is 5.75 Å². The highest BCUT2D eigenvalue weighted by Crippen LogP contribution is 2.49. The first kappa shape index (κ1) is 22.5. The number of para-hydroxylation sites is 1. The van der Waals surface area contributed by atoms with E-state index in [0.29, 0.717) is 12.4 Å². The van der Waals surface area contributed by atoms with Crippen molar-refractivity contribution in [3.63, 3.8) is 0 Å². The van der Waals surface area contributed by atoms with Crippen LogP contribution in [0.4, 0.5) is 11.4 Å². The third-order valence-corrected chi connectivity index (χ3v) is 6.37. The second kappa shape index (κ2) is 11.9. The molecule has 162 valence electrons. The quantitative estimate of drug-likeness (QED) is 0.270. The van der Waals surface area contributed by atoms with Gasteiger partial charge in [0.2, 0.25) is 0 Å². The van der Waals surface area contributed by atoms with Crippen LogP contribution in [0.3, 0.4) is 0 Å². The van der Waals surface area contributed by atoms with Gasteiger partial charge in [0.15, 0.2) is 6.61 Å². The van der Waals surface area contributed by atoms with Gasteiger partial charge in [0.05, 0.1) is 18.0 Å². The molecule has 0 saturated heterocycles. The van der Waals surface area contributed by atoms with E-state index in [-0.39, 0.29) is 12.6 Å². The van der Waals surface area contributed by atoms with Crippen molar-refractivity contribution in [3.8, 4) is 5.75 Å². The van der Waals surface area contributed by atoms with Gasteiger partial charge in [-0.1, -0.05) is 69.3 Å². The van der Waals surface area contributed by atoms with E-state index in [1.165, 1.54) is 60.4 Å². The summed E-state index contributed by atoms with van der Waals surface area (Å²) in [4.78, 5) is 16.6. The number of carbonyl (C=O) groups is 1. The zero-order valence-electron chi connectivity index (χ0n) is 18.2. The molecule has 0 radical (unpaired) electrons. The lowest BCUT2D eigenvalue weighted by atomic mass is 10.1. The summed E-state index contributed by atoms with van der Waals surface area (Å²) < 4.78 is 10.7. The predicted molar refractivity (Wildman–Crippen MR) is 124 cm³/mol. The van der Waals surface area contributed by atoms with Gasteiger partial charge in [0.1, 0.15) is 5.75 Å². The molecule has 2 aromatic rings. The average Bonchev–Trinajstić information content (AvgIpc) is 2.76. The molecule has 4 nitrogen and oxygen atoms in total. The minimum atomic E-state index is -0.338. The lowest BCUT2D eigenvalue weighted by molar-refractivity contribution is -0.145. The number of hydrogen-bond donors (Lipinski definition) is 0. The summed E-state index contributed by atoms with van der Waals surface area (Å²) in [5.74, 6) is 0.362. The van der Waals surface area contributed by atoms with Crippen LogP contribution in [0.1, 0.15) is 58.8 Å². The van der Waals surface area contributed by atoms with Gasteiger partial charge in [-0.15, -0.1) is 0 Å². The fraction of sp³-hybridized carbons (Fsp3) is 0.480. The Morgan fingerprint density at radius 3 is 2.43 bits per heavy atom. The Kier molecular flexibility index (Phi) is 8.94. The summed E-state index contributed by atoms with van der Waals surface area (Å²) in [6.07, 6.45) is 9.05. The molecule has 5 heteroatoms. The van der Waals surface area contributed by atoms with Crippen LogP contribution in [0, 0.1) is 0 Å². The van der Waals surface area contributed by atoms with Crippen LogP contribution in [-0.2, 0) is 9.53 Å². The number of esters is 1. The number of anilines is 2. The molecule has 0 N–H and O–H groups in total. The first-order chi connectivity index (χ1) is 14.7. The molecule has 0 amide bonds. The van der Waals surface area contributed by atoms with Crippen LogP contribution >= 0.6 is 11.8 Å². The number of carbonyl (C=O) groups excluding carboxylic acids is 1. The highest BCUT2D eigenvalue weighted by atomic mass is 32.2. The Morgan fingerprint density at radius 2 is 1.63 bits per heavy atom. The van der Waals surface area contributed by atoms with E-state index in [9.17, 15) is 4.79 Å². The van der Waals surface area contributed by atoms with E-state index in [4.69, 9.17) is 9.47 Å². The van der Waals surface area contributed by atoms with E-state index in [1.54, 1.807) is 18.7 Å². The van der Waals surface area contributed by atoms with Gasteiger partial charge in [-0.3, -0.25) is 0 Å². The molecule has 0 aromatic heterocycles. The van der Waals surface area contributed by atoms with Crippen molar-refractivity contribution in [3.05, 3.63) is 42.5 Å². The third-order valence-electron chi connectivity index (χ3n) is 5.24. The molecule has 0 saturated carbocycles. The molecular formula is C25H33NO3S. The number of benzene rings is 2. The van der Waals surface area contributed by atoms with E-state index < -0.39 is 0 Å². The number of unbranched alkanes of at least 4 members (excludes halogenated alkanes) is 6. The molecule has 0 bridgehead atoms.